The average molecular weight is 274 g/mol. The van der Waals surface area contributed by atoms with Crippen molar-refractivity contribution >= 4 is 5.78 Å². The molecule has 0 aliphatic heterocycles. The van der Waals surface area contributed by atoms with E-state index in [1.165, 1.54) is 32.1 Å². The summed E-state index contributed by atoms with van der Waals surface area (Å²) in [6.45, 7) is 2.33. The van der Waals surface area contributed by atoms with Crippen LogP contribution in [0.2, 0.25) is 0 Å². The zero-order valence-electron chi connectivity index (χ0n) is 12.4. The van der Waals surface area contributed by atoms with E-state index in [1.807, 2.05) is 6.08 Å². The van der Waals surface area contributed by atoms with Crippen molar-refractivity contribution in [2.24, 2.45) is 35.0 Å². The van der Waals surface area contributed by atoms with Gasteiger partial charge in [0.2, 0.25) is 0 Å². The number of hydrogen-bond acceptors (Lipinski definition) is 2. The molecule has 3 saturated carbocycles. The molecule has 7 atom stereocenters. The third kappa shape index (κ3) is 1.70. The summed E-state index contributed by atoms with van der Waals surface area (Å²) < 4.78 is 0. The van der Waals surface area contributed by atoms with Crippen LogP contribution in [0.15, 0.2) is 12.2 Å². The Hall–Kier alpha value is -0.630. The highest BCUT2D eigenvalue weighted by Crippen LogP contribution is 2.61. The third-order valence-corrected chi connectivity index (χ3v) is 7.32. The van der Waals surface area contributed by atoms with Gasteiger partial charge in [-0.2, -0.15) is 0 Å². The fourth-order valence-corrected chi connectivity index (χ4v) is 6.21. The highest BCUT2D eigenvalue weighted by atomic mass is 16.3. The van der Waals surface area contributed by atoms with Crippen molar-refractivity contribution in [3.05, 3.63) is 12.2 Å². The molecule has 0 spiro atoms. The maximum Gasteiger partial charge on any atom is 0.155 e. The summed E-state index contributed by atoms with van der Waals surface area (Å²) in [4.78, 5) is 11.6. The molecular formula is C18H26O2. The van der Waals surface area contributed by atoms with Crippen molar-refractivity contribution in [3.8, 4) is 0 Å². The first-order chi connectivity index (χ1) is 9.59. The van der Waals surface area contributed by atoms with Gasteiger partial charge in [0.15, 0.2) is 5.78 Å². The van der Waals surface area contributed by atoms with Crippen molar-refractivity contribution < 1.29 is 9.90 Å². The van der Waals surface area contributed by atoms with Crippen LogP contribution in [0, 0.1) is 35.0 Å². The minimum Gasteiger partial charge on any atom is -0.393 e. The quantitative estimate of drug-likeness (QED) is 0.735. The predicted molar refractivity (Wildman–Crippen MR) is 78.0 cm³/mol. The van der Waals surface area contributed by atoms with E-state index < -0.39 is 0 Å². The Labute approximate surface area is 121 Å². The second-order valence-corrected chi connectivity index (χ2v) is 8.02. The molecule has 0 aromatic heterocycles. The molecule has 4 aliphatic rings. The molecule has 0 heterocycles. The molecule has 1 N–H and O–H groups in total. The molecule has 4 rings (SSSR count). The van der Waals surface area contributed by atoms with Crippen molar-refractivity contribution in [2.45, 2.75) is 58.0 Å². The lowest BCUT2D eigenvalue weighted by Crippen LogP contribution is -2.48. The molecule has 110 valence electrons. The van der Waals surface area contributed by atoms with Gasteiger partial charge in [0.05, 0.1) is 6.10 Å². The molecule has 3 fully saturated rings. The molecule has 2 nitrogen and oxygen atoms in total. The summed E-state index contributed by atoms with van der Waals surface area (Å²) in [5.74, 6) is 3.90. The summed E-state index contributed by atoms with van der Waals surface area (Å²) in [7, 11) is 0. The van der Waals surface area contributed by atoms with Crippen LogP contribution in [0.5, 0.6) is 0 Å². The first-order valence-electron chi connectivity index (χ1n) is 8.48. The van der Waals surface area contributed by atoms with E-state index in [1.54, 1.807) is 0 Å². The Kier molecular flexibility index (Phi) is 2.89. The number of aliphatic hydroxyl groups excluding tert-OH is 1. The number of rotatable bonds is 0. The lowest BCUT2D eigenvalue weighted by molar-refractivity contribution is -0.118. The van der Waals surface area contributed by atoms with Crippen molar-refractivity contribution in [2.75, 3.05) is 0 Å². The molecule has 0 bridgehead atoms. The SMILES string of the molecule is C[C@]12CC[C@@H]3[C@H]4C=CC(=O)C[C@@H]4CC[C@H]3[C@@H]1CC[C@@H]2O. The van der Waals surface area contributed by atoms with Crippen LogP contribution >= 0.6 is 0 Å². The lowest BCUT2D eigenvalue weighted by atomic mass is 9.51. The Bertz CT molecular complexity index is 454. The van der Waals surface area contributed by atoms with Crippen LogP contribution in [-0.4, -0.2) is 17.0 Å². The molecule has 4 aliphatic carbocycles. The first-order valence-corrected chi connectivity index (χ1v) is 8.48. The van der Waals surface area contributed by atoms with E-state index in [-0.39, 0.29) is 11.5 Å². The molecule has 0 radical (unpaired) electrons. The van der Waals surface area contributed by atoms with Gasteiger partial charge < -0.3 is 5.11 Å². The van der Waals surface area contributed by atoms with E-state index in [0.717, 1.165) is 30.6 Å². The third-order valence-electron chi connectivity index (χ3n) is 7.32. The van der Waals surface area contributed by atoms with E-state index in [9.17, 15) is 9.90 Å². The average Bonchev–Trinajstić information content (AvgIpc) is 2.74. The largest absolute Gasteiger partial charge is 0.393 e. The molecule has 0 aromatic rings. The molecule has 0 unspecified atom stereocenters. The Balaban J connectivity index is 1.62. The lowest BCUT2D eigenvalue weighted by Gasteiger charge is -2.54. The molecule has 2 heteroatoms. The highest BCUT2D eigenvalue weighted by Gasteiger charge is 2.56. The summed E-state index contributed by atoms with van der Waals surface area (Å²) >= 11 is 0. The fourth-order valence-electron chi connectivity index (χ4n) is 6.21. The number of carbonyl (C=O) groups excluding carboxylic acids is 1. The topological polar surface area (TPSA) is 37.3 Å². The van der Waals surface area contributed by atoms with Gasteiger partial charge in [0.1, 0.15) is 0 Å². The number of carbonyl (C=O) groups is 1. The number of ketones is 1. The van der Waals surface area contributed by atoms with Crippen LogP contribution < -0.4 is 0 Å². The second kappa shape index (κ2) is 4.43. The van der Waals surface area contributed by atoms with Gasteiger partial charge in [0, 0.05) is 6.42 Å². The van der Waals surface area contributed by atoms with Crippen molar-refractivity contribution in [1.29, 1.82) is 0 Å². The van der Waals surface area contributed by atoms with Gasteiger partial charge in [-0.25, -0.2) is 0 Å². The summed E-state index contributed by atoms with van der Waals surface area (Å²) in [6, 6.07) is 0. The smallest absolute Gasteiger partial charge is 0.155 e. The van der Waals surface area contributed by atoms with Gasteiger partial charge in [-0.05, 0) is 79.6 Å². The zero-order valence-corrected chi connectivity index (χ0v) is 12.4. The minimum atomic E-state index is -0.0744. The van der Waals surface area contributed by atoms with Crippen LogP contribution in [0.4, 0.5) is 0 Å². The summed E-state index contributed by atoms with van der Waals surface area (Å²) in [5, 5.41) is 10.4. The van der Waals surface area contributed by atoms with E-state index in [0.29, 0.717) is 17.6 Å². The summed E-state index contributed by atoms with van der Waals surface area (Å²) in [5.41, 5.74) is 0.183. The number of allylic oxidation sites excluding steroid dienone is 2. The maximum absolute atomic E-state index is 11.6. The van der Waals surface area contributed by atoms with Crippen LogP contribution in [0.3, 0.4) is 0 Å². The van der Waals surface area contributed by atoms with Gasteiger partial charge in [-0.3, -0.25) is 4.79 Å². The van der Waals surface area contributed by atoms with E-state index in [2.05, 4.69) is 13.0 Å². The normalized spacial score (nSPS) is 54.2. The fraction of sp³-hybridized carbons (Fsp3) is 0.833. The number of fused-ring (bicyclic) bond motifs is 5. The Morgan fingerprint density at radius 3 is 2.85 bits per heavy atom. The zero-order chi connectivity index (χ0) is 13.9. The molecular weight excluding hydrogens is 248 g/mol. The molecule has 20 heavy (non-hydrogen) atoms. The highest BCUT2D eigenvalue weighted by molar-refractivity contribution is 5.90. The predicted octanol–water partition coefficient (Wildman–Crippen LogP) is 3.35. The first kappa shape index (κ1) is 13.1. The standard InChI is InChI=1S/C18H26O2/c1-18-9-8-14-13-5-3-12(19)10-11(13)2-4-15(14)16(18)6-7-17(18)20/h3,5,11,13-17,20H,2,4,6-10H2,1H3/t11-,13-,14+,15+,16-,17-,18-/m0/s1. The van der Waals surface area contributed by atoms with Gasteiger partial charge in [-0.15, -0.1) is 0 Å². The Morgan fingerprint density at radius 2 is 2.00 bits per heavy atom. The van der Waals surface area contributed by atoms with E-state index >= 15 is 0 Å². The van der Waals surface area contributed by atoms with Crippen LogP contribution in [0.1, 0.15) is 51.9 Å². The minimum absolute atomic E-state index is 0.0744. The van der Waals surface area contributed by atoms with Gasteiger partial charge >= 0.3 is 0 Å². The Morgan fingerprint density at radius 1 is 1.15 bits per heavy atom. The second-order valence-electron chi connectivity index (χ2n) is 8.02. The molecule has 0 aromatic carbocycles. The van der Waals surface area contributed by atoms with Gasteiger partial charge in [-0.1, -0.05) is 13.0 Å². The number of hydrogen-bond donors (Lipinski definition) is 1. The summed E-state index contributed by atoms with van der Waals surface area (Å²) in [6.07, 6.45) is 12.0. The monoisotopic (exact) mass is 274 g/mol. The maximum atomic E-state index is 11.6. The van der Waals surface area contributed by atoms with Crippen molar-refractivity contribution in [1.82, 2.24) is 0 Å². The molecule has 0 amide bonds. The van der Waals surface area contributed by atoms with Crippen LogP contribution in [-0.2, 0) is 4.79 Å². The molecule has 0 saturated heterocycles. The number of aliphatic hydroxyl groups is 1. The van der Waals surface area contributed by atoms with E-state index in [4.69, 9.17) is 0 Å². The van der Waals surface area contributed by atoms with Gasteiger partial charge in [0.25, 0.3) is 0 Å². The van der Waals surface area contributed by atoms with Crippen molar-refractivity contribution in [3.63, 3.8) is 0 Å². The van der Waals surface area contributed by atoms with Crippen LogP contribution in [0.25, 0.3) is 0 Å².